The number of amides is 1. The van der Waals surface area contributed by atoms with E-state index in [-0.39, 0.29) is 18.1 Å². The number of thioether (sulfide) groups is 1. The highest BCUT2D eigenvalue weighted by Gasteiger charge is 2.45. The summed E-state index contributed by atoms with van der Waals surface area (Å²) in [5.74, 6) is 0.0900. The first-order chi connectivity index (χ1) is 6.15. The van der Waals surface area contributed by atoms with Gasteiger partial charge < -0.3 is 4.90 Å². The molecule has 0 N–H and O–H groups in total. The fourth-order valence-corrected chi connectivity index (χ4v) is 2.49. The van der Waals surface area contributed by atoms with Crippen LogP contribution in [0.15, 0.2) is 0 Å². The van der Waals surface area contributed by atoms with Crippen molar-refractivity contribution >= 4 is 23.5 Å². The van der Waals surface area contributed by atoms with Crippen molar-refractivity contribution in [2.75, 3.05) is 19.3 Å². The van der Waals surface area contributed by atoms with Gasteiger partial charge in [0.2, 0.25) is 5.91 Å². The number of ketones is 1. The third kappa shape index (κ3) is 1.73. The molecule has 1 aliphatic heterocycles. The Bertz CT molecular complexity index is 260. The average molecular weight is 199 g/mol. The molecular weight excluding hydrogens is 186 g/mol. The molecule has 13 heavy (non-hydrogen) atoms. The van der Waals surface area contributed by atoms with Crippen LogP contribution >= 0.6 is 11.8 Å². The molecular formula is C9H13NO2S. The predicted molar refractivity (Wildman–Crippen MR) is 51.7 cm³/mol. The lowest BCUT2D eigenvalue weighted by Crippen LogP contribution is -2.33. The fourth-order valence-electron chi connectivity index (χ4n) is 1.70. The molecule has 0 spiro atoms. The molecule has 2 fully saturated rings. The molecule has 0 bridgehead atoms. The van der Waals surface area contributed by atoms with Gasteiger partial charge in [0.15, 0.2) is 5.78 Å². The van der Waals surface area contributed by atoms with Crippen LogP contribution in [-0.4, -0.2) is 40.7 Å². The molecule has 1 heterocycles. The molecule has 0 aromatic heterocycles. The molecule has 1 amide bonds. The summed E-state index contributed by atoms with van der Waals surface area (Å²) >= 11 is 1.82. The summed E-state index contributed by atoms with van der Waals surface area (Å²) in [7, 11) is 0. The van der Waals surface area contributed by atoms with Crippen LogP contribution in [0, 0.1) is 0 Å². The smallest absolute Gasteiger partial charge is 0.230 e. The third-order valence-electron chi connectivity index (χ3n) is 2.79. The van der Waals surface area contributed by atoms with E-state index < -0.39 is 0 Å². The molecule has 3 nitrogen and oxygen atoms in total. The number of carbonyl (C=O) groups excluding carboxylic acids is 2. The van der Waals surface area contributed by atoms with E-state index in [4.69, 9.17) is 0 Å². The Morgan fingerprint density at radius 3 is 2.54 bits per heavy atom. The molecule has 0 atom stereocenters. The van der Waals surface area contributed by atoms with Crippen LogP contribution in [0.1, 0.15) is 19.3 Å². The van der Waals surface area contributed by atoms with Crippen molar-refractivity contribution < 1.29 is 9.59 Å². The molecule has 0 unspecified atom stereocenters. The topological polar surface area (TPSA) is 37.4 Å². The number of hydrogen-bond acceptors (Lipinski definition) is 3. The van der Waals surface area contributed by atoms with Crippen LogP contribution in [0.5, 0.6) is 0 Å². The quantitative estimate of drug-likeness (QED) is 0.627. The predicted octanol–water partition coefficient (Wildman–Crippen LogP) is 0.683. The van der Waals surface area contributed by atoms with Crippen molar-refractivity contribution in [2.45, 2.75) is 24.0 Å². The number of likely N-dealkylation sites (tertiary alicyclic amines) is 1. The molecule has 0 radical (unpaired) electrons. The number of carbonyl (C=O) groups is 2. The van der Waals surface area contributed by atoms with Gasteiger partial charge >= 0.3 is 0 Å². The van der Waals surface area contributed by atoms with Crippen molar-refractivity contribution in [3.8, 4) is 0 Å². The molecule has 72 valence electrons. The van der Waals surface area contributed by atoms with Crippen LogP contribution in [0.3, 0.4) is 0 Å². The van der Waals surface area contributed by atoms with Crippen LogP contribution in [-0.2, 0) is 9.59 Å². The summed E-state index contributed by atoms with van der Waals surface area (Å²) in [6.45, 7) is 1.12. The molecule has 2 rings (SSSR count). The molecule has 1 saturated carbocycles. The Kier molecular flexibility index (Phi) is 2.10. The maximum atomic E-state index is 11.3. The summed E-state index contributed by atoms with van der Waals surface area (Å²) in [6.07, 6.45) is 4.58. The second-order valence-electron chi connectivity index (χ2n) is 3.85. The Balaban J connectivity index is 1.95. The van der Waals surface area contributed by atoms with E-state index >= 15 is 0 Å². The van der Waals surface area contributed by atoms with Crippen molar-refractivity contribution in [3.63, 3.8) is 0 Å². The lowest BCUT2D eigenvalue weighted by atomic mass is 10.3. The third-order valence-corrected chi connectivity index (χ3v) is 4.19. The maximum absolute atomic E-state index is 11.3. The van der Waals surface area contributed by atoms with Crippen molar-refractivity contribution in [2.24, 2.45) is 0 Å². The number of rotatable bonds is 3. The van der Waals surface area contributed by atoms with Crippen molar-refractivity contribution in [1.82, 2.24) is 4.90 Å². The van der Waals surface area contributed by atoms with Gasteiger partial charge in [-0.2, -0.15) is 11.8 Å². The van der Waals surface area contributed by atoms with Gasteiger partial charge in [0, 0.05) is 11.3 Å². The van der Waals surface area contributed by atoms with E-state index in [0.29, 0.717) is 11.3 Å². The van der Waals surface area contributed by atoms with Gasteiger partial charge in [0.1, 0.15) is 0 Å². The fraction of sp³-hybridized carbons (Fsp3) is 0.778. The summed E-state index contributed by atoms with van der Waals surface area (Å²) in [6, 6.07) is 0. The van der Waals surface area contributed by atoms with Gasteiger partial charge in [0.05, 0.1) is 13.0 Å². The first kappa shape index (κ1) is 9.06. The number of Topliss-reactive ketones (excluding diaryl/α,β-unsaturated/α-hetero) is 1. The molecule has 2 aliphatic rings. The zero-order valence-electron chi connectivity index (χ0n) is 7.71. The lowest BCUT2D eigenvalue weighted by molar-refractivity contribution is -0.127. The minimum atomic E-state index is 0.0188. The summed E-state index contributed by atoms with van der Waals surface area (Å²) < 4.78 is 0.292. The molecule has 0 aromatic rings. The highest BCUT2D eigenvalue weighted by Crippen LogP contribution is 2.47. The van der Waals surface area contributed by atoms with E-state index in [2.05, 4.69) is 6.26 Å². The maximum Gasteiger partial charge on any atom is 0.230 e. The van der Waals surface area contributed by atoms with Gasteiger partial charge in [0.25, 0.3) is 0 Å². The SMILES string of the molecule is CSC1(CN2CC(=O)CC2=O)CC1. The average Bonchev–Trinajstić information content (AvgIpc) is 2.77. The zero-order valence-corrected chi connectivity index (χ0v) is 8.52. The highest BCUT2D eigenvalue weighted by atomic mass is 32.2. The Morgan fingerprint density at radius 2 is 2.15 bits per heavy atom. The van der Waals surface area contributed by atoms with Gasteiger partial charge in [-0.3, -0.25) is 9.59 Å². The van der Waals surface area contributed by atoms with E-state index in [0.717, 1.165) is 6.54 Å². The molecule has 4 heteroatoms. The second-order valence-corrected chi connectivity index (χ2v) is 5.13. The van der Waals surface area contributed by atoms with E-state index in [1.165, 1.54) is 12.8 Å². The summed E-state index contributed by atoms with van der Waals surface area (Å²) in [4.78, 5) is 24.0. The lowest BCUT2D eigenvalue weighted by Gasteiger charge is -2.20. The minimum Gasteiger partial charge on any atom is -0.334 e. The molecule has 0 aromatic carbocycles. The van der Waals surface area contributed by atoms with Gasteiger partial charge in [-0.1, -0.05) is 0 Å². The number of nitrogens with zero attached hydrogens (tertiary/aromatic N) is 1. The first-order valence-electron chi connectivity index (χ1n) is 4.50. The van der Waals surface area contributed by atoms with Crippen molar-refractivity contribution in [1.29, 1.82) is 0 Å². The standard InChI is InChI=1S/C9H13NO2S/c1-13-9(2-3-9)6-10-5-7(11)4-8(10)12/h2-6H2,1H3. The molecule has 1 saturated heterocycles. The van der Waals surface area contributed by atoms with Gasteiger partial charge in [-0.05, 0) is 19.1 Å². The van der Waals surface area contributed by atoms with Gasteiger partial charge in [-0.15, -0.1) is 0 Å². The van der Waals surface area contributed by atoms with Crippen molar-refractivity contribution in [3.05, 3.63) is 0 Å². The van der Waals surface area contributed by atoms with Gasteiger partial charge in [-0.25, -0.2) is 0 Å². The Hall–Kier alpha value is -0.510. The second kappa shape index (κ2) is 3.01. The Labute approximate surface area is 81.9 Å². The largest absolute Gasteiger partial charge is 0.334 e. The van der Waals surface area contributed by atoms with Crippen LogP contribution in [0.4, 0.5) is 0 Å². The number of hydrogen-bond donors (Lipinski definition) is 0. The van der Waals surface area contributed by atoms with Crippen LogP contribution in [0.25, 0.3) is 0 Å². The van der Waals surface area contributed by atoms with Crippen LogP contribution < -0.4 is 0 Å². The van der Waals surface area contributed by atoms with E-state index in [1.807, 2.05) is 11.8 Å². The highest BCUT2D eigenvalue weighted by molar-refractivity contribution is 8.00. The summed E-state index contributed by atoms with van der Waals surface area (Å²) in [5.41, 5.74) is 0. The normalized spacial score (nSPS) is 25.5. The molecule has 1 aliphatic carbocycles. The van der Waals surface area contributed by atoms with E-state index in [1.54, 1.807) is 4.90 Å². The monoisotopic (exact) mass is 199 g/mol. The minimum absolute atomic E-state index is 0.0188. The van der Waals surface area contributed by atoms with E-state index in [9.17, 15) is 9.59 Å². The first-order valence-corrected chi connectivity index (χ1v) is 5.72. The van der Waals surface area contributed by atoms with Crippen LogP contribution in [0.2, 0.25) is 0 Å². The zero-order chi connectivity index (χ0) is 9.47. The Morgan fingerprint density at radius 1 is 1.46 bits per heavy atom. The summed E-state index contributed by atoms with van der Waals surface area (Å²) in [5, 5.41) is 0.